The summed E-state index contributed by atoms with van der Waals surface area (Å²) in [6.07, 6.45) is 7.25. The summed E-state index contributed by atoms with van der Waals surface area (Å²) in [5, 5.41) is 11.6. The van der Waals surface area contributed by atoms with Crippen molar-refractivity contribution >= 4 is 6.03 Å². The van der Waals surface area contributed by atoms with Crippen LogP contribution in [0.15, 0.2) is 49.1 Å². The van der Waals surface area contributed by atoms with Crippen molar-refractivity contribution in [3.63, 3.8) is 0 Å². The number of carbonyl (C=O) groups is 1. The van der Waals surface area contributed by atoms with Crippen LogP contribution in [0.4, 0.5) is 9.18 Å². The van der Waals surface area contributed by atoms with Crippen molar-refractivity contribution < 1.29 is 9.18 Å². The number of hydrogen-bond donors (Lipinski definition) is 1. The lowest BCUT2D eigenvalue weighted by molar-refractivity contribution is 0.203. The van der Waals surface area contributed by atoms with Crippen molar-refractivity contribution in [1.29, 1.82) is 0 Å². The van der Waals surface area contributed by atoms with Gasteiger partial charge in [-0.05, 0) is 45.0 Å². The van der Waals surface area contributed by atoms with E-state index in [1.54, 1.807) is 41.2 Å². The summed E-state index contributed by atoms with van der Waals surface area (Å²) < 4.78 is 16.6. The van der Waals surface area contributed by atoms with Gasteiger partial charge in [0.1, 0.15) is 5.82 Å². The second kappa shape index (κ2) is 8.24. The Kier molecular flexibility index (Phi) is 5.77. The van der Waals surface area contributed by atoms with E-state index in [0.717, 1.165) is 16.8 Å². The fraction of sp³-hybridized carbons (Fsp3) is 0.350. The highest BCUT2D eigenvalue weighted by molar-refractivity contribution is 5.74. The summed E-state index contributed by atoms with van der Waals surface area (Å²) in [6.45, 7) is 6.48. The highest BCUT2D eigenvalue weighted by atomic mass is 19.1. The Bertz CT molecular complexity index is 930. The van der Waals surface area contributed by atoms with Crippen LogP contribution in [-0.2, 0) is 6.54 Å². The first-order valence-corrected chi connectivity index (χ1v) is 9.18. The van der Waals surface area contributed by atoms with Gasteiger partial charge >= 0.3 is 6.03 Å². The van der Waals surface area contributed by atoms with Crippen LogP contribution in [0.3, 0.4) is 0 Å². The van der Waals surface area contributed by atoms with Gasteiger partial charge in [0, 0.05) is 36.6 Å². The lowest BCUT2D eigenvalue weighted by atomic mass is 10.2. The number of urea groups is 1. The zero-order valence-corrected chi connectivity index (χ0v) is 16.5. The molecule has 148 valence electrons. The van der Waals surface area contributed by atoms with E-state index in [4.69, 9.17) is 0 Å². The van der Waals surface area contributed by atoms with Gasteiger partial charge in [-0.25, -0.2) is 13.9 Å². The highest BCUT2D eigenvalue weighted by Gasteiger charge is 2.16. The third kappa shape index (κ3) is 4.57. The number of nitrogens with one attached hydrogen (secondary N) is 1. The van der Waals surface area contributed by atoms with Crippen LogP contribution < -0.4 is 5.32 Å². The second-order valence-corrected chi connectivity index (χ2v) is 7.14. The van der Waals surface area contributed by atoms with Crippen molar-refractivity contribution in [1.82, 2.24) is 29.8 Å². The largest absolute Gasteiger partial charge is 0.331 e. The first kappa shape index (κ1) is 19.6. The minimum atomic E-state index is -0.293. The van der Waals surface area contributed by atoms with Gasteiger partial charge in [-0.2, -0.15) is 10.2 Å². The average molecular weight is 384 g/mol. The topological polar surface area (TPSA) is 68.0 Å². The Hall–Kier alpha value is -3.16. The molecule has 1 atom stereocenters. The standard InChI is InChI=1S/C20H25FN6O/c1-14(2)26-12-16(9-22-26)11-25(4)20(28)24-15(3)17-10-23-27(13-17)19-7-5-18(21)6-8-19/h5-10,12-15H,11H2,1-4H3,(H,24,28)/t15-/m0/s1. The molecule has 0 aliphatic heterocycles. The molecule has 0 radical (unpaired) electrons. The summed E-state index contributed by atoms with van der Waals surface area (Å²) >= 11 is 0. The van der Waals surface area contributed by atoms with Crippen LogP contribution in [0.2, 0.25) is 0 Å². The summed E-state index contributed by atoms with van der Waals surface area (Å²) in [5.74, 6) is -0.293. The molecule has 28 heavy (non-hydrogen) atoms. The second-order valence-electron chi connectivity index (χ2n) is 7.14. The molecule has 3 rings (SSSR count). The molecule has 2 aromatic heterocycles. The maximum Gasteiger partial charge on any atom is 0.317 e. The predicted molar refractivity (Wildman–Crippen MR) is 105 cm³/mol. The molecule has 0 saturated heterocycles. The molecule has 0 bridgehead atoms. The van der Waals surface area contributed by atoms with Crippen LogP contribution in [-0.4, -0.2) is 37.5 Å². The van der Waals surface area contributed by atoms with Crippen LogP contribution in [0.5, 0.6) is 0 Å². The number of halogens is 1. The van der Waals surface area contributed by atoms with E-state index in [1.165, 1.54) is 12.1 Å². The normalized spacial score (nSPS) is 12.2. The third-order valence-electron chi connectivity index (χ3n) is 4.48. The van der Waals surface area contributed by atoms with Crippen LogP contribution in [0, 0.1) is 5.82 Å². The highest BCUT2D eigenvalue weighted by Crippen LogP contribution is 2.15. The molecule has 0 unspecified atom stereocenters. The fourth-order valence-electron chi connectivity index (χ4n) is 2.76. The summed E-state index contributed by atoms with van der Waals surface area (Å²) in [4.78, 5) is 14.1. The maximum atomic E-state index is 13.1. The van der Waals surface area contributed by atoms with Gasteiger partial charge < -0.3 is 10.2 Å². The van der Waals surface area contributed by atoms with Gasteiger partial charge in [0.2, 0.25) is 0 Å². The summed E-state index contributed by atoms with van der Waals surface area (Å²) in [6, 6.07) is 5.96. The number of amides is 2. The number of rotatable bonds is 6. The SMILES string of the molecule is CC(C)n1cc(CN(C)C(=O)N[C@@H](C)c2cnn(-c3ccc(F)cc3)c2)cn1. The molecule has 1 aromatic carbocycles. The molecule has 2 amide bonds. The minimum Gasteiger partial charge on any atom is -0.331 e. The number of nitrogens with zero attached hydrogens (tertiary/aromatic N) is 5. The monoisotopic (exact) mass is 384 g/mol. The molecule has 7 nitrogen and oxygen atoms in total. The van der Waals surface area contributed by atoms with E-state index in [-0.39, 0.29) is 23.9 Å². The van der Waals surface area contributed by atoms with Crippen molar-refractivity contribution in [2.45, 2.75) is 39.4 Å². The predicted octanol–water partition coefficient (Wildman–Crippen LogP) is 3.69. The number of benzene rings is 1. The third-order valence-corrected chi connectivity index (χ3v) is 4.48. The lowest BCUT2D eigenvalue weighted by Gasteiger charge is -2.20. The minimum absolute atomic E-state index is 0.181. The zero-order valence-electron chi connectivity index (χ0n) is 16.5. The first-order chi connectivity index (χ1) is 13.3. The van der Waals surface area contributed by atoms with E-state index >= 15 is 0 Å². The van der Waals surface area contributed by atoms with E-state index in [1.807, 2.05) is 24.0 Å². The van der Waals surface area contributed by atoms with Gasteiger partial charge in [0.25, 0.3) is 0 Å². The number of hydrogen-bond acceptors (Lipinski definition) is 3. The van der Waals surface area contributed by atoms with E-state index < -0.39 is 0 Å². The molecular formula is C20H25FN6O. The Labute approximate surface area is 163 Å². The lowest BCUT2D eigenvalue weighted by Crippen LogP contribution is -2.38. The molecule has 0 saturated carbocycles. The average Bonchev–Trinajstić information content (AvgIpc) is 3.32. The van der Waals surface area contributed by atoms with Crippen molar-refractivity contribution in [2.24, 2.45) is 0 Å². The van der Waals surface area contributed by atoms with Crippen LogP contribution >= 0.6 is 0 Å². The Balaban J connectivity index is 1.59. The van der Waals surface area contributed by atoms with E-state index in [2.05, 4.69) is 29.4 Å². The maximum absolute atomic E-state index is 13.1. The van der Waals surface area contributed by atoms with Gasteiger partial charge in [-0.1, -0.05) is 0 Å². The fourth-order valence-corrected chi connectivity index (χ4v) is 2.76. The Morgan fingerprint density at radius 1 is 1.14 bits per heavy atom. The van der Waals surface area contributed by atoms with Crippen LogP contribution in [0.25, 0.3) is 5.69 Å². The zero-order chi connectivity index (χ0) is 20.3. The van der Waals surface area contributed by atoms with Crippen molar-refractivity contribution in [2.75, 3.05) is 7.05 Å². The van der Waals surface area contributed by atoms with Crippen molar-refractivity contribution in [3.8, 4) is 5.69 Å². The summed E-state index contributed by atoms with van der Waals surface area (Å²) in [7, 11) is 1.75. The summed E-state index contributed by atoms with van der Waals surface area (Å²) in [5.41, 5.74) is 2.59. The number of aromatic nitrogens is 4. The van der Waals surface area contributed by atoms with E-state index in [0.29, 0.717) is 6.54 Å². The van der Waals surface area contributed by atoms with E-state index in [9.17, 15) is 9.18 Å². The molecule has 2 heterocycles. The smallest absolute Gasteiger partial charge is 0.317 e. The molecular weight excluding hydrogens is 359 g/mol. The molecule has 1 N–H and O–H groups in total. The first-order valence-electron chi connectivity index (χ1n) is 9.18. The van der Waals surface area contributed by atoms with Crippen LogP contribution in [0.1, 0.15) is 44.0 Å². The molecule has 8 heteroatoms. The Morgan fingerprint density at radius 2 is 1.86 bits per heavy atom. The Morgan fingerprint density at radius 3 is 2.50 bits per heavy atom. The molecule has 3 aromatic rings. The molecule has 0 spiro atoms. The van der Waals surface area contributed by atoms with Gasteiger partial charge in [-0.15, -0.1) is 0 Å². The van der Waals surface area contributed by atoms with Crippen molar-refractivity contribution in [3.05, 3.63) is 66.0 Å². The van der Waals surface area contributed by atoms with Gasteiger partial charge in [0.15, 0.2) is 0 Å². The quantitative estimate of drug-likeness (QED) is 0.705. The van der Waals surface area contributed by atoms with Gasteiger partial charge in [-0.3, -0.25) is 4.68 Å². The van der Waals surface area contributed by atoms with Gasteiger partial charge in [0.05, 0.1) is 30.7 Å². The molecule has 0 aliphatic carbocycles. The molecule has 0 fully saturated rings. The molecule has 0 aliphatic rings. The number of carbonyl (C=O) groups excluding carboxylic acids is 1.